The lowest BCUT2D eigenvalue weighted by atomic mass is 9.84. The highest BCUT2D eigenvalue weighted by atomic mass is 15.2. The molecule has 2 heterocycles. The number of hydrogen-bond acceptors (Lipinski definition) is 2. The van der Waals surface area contributed by atoms with E-state index in [9.17, 15) is 0 Å². The van der Waals surface area contributed by atoms with Gasteiger partial charge in [0.05, 0.1) is 0 Å². The van der Waals surface area contributed by atoms with Gasteiger partial charge in [-0.3, -0.25) is 4.90 Å². The molecule has 15 heavy (non-hydrogen) atoms. The van der Waals surface area contributed by atoms with Crippen LogP contribution in [-0.4, -0.2) is 37.1 Å². The van der Waals surface area contributed by atoms with Gasteiger partial charge in [0, 0.05) is 6.04 Å². The van der Waals surface area contributed by atoms with E-state index in [4.69, 9.17) is 0 Å². The summed E-state index contributed by atoms with van der Waals surface area (Å²) in [5, 5.41) is 3.54. The van der Waals surface area contributed by atoms with Crippen molar-refractivity contribution in [2.75, 3.05) is 26.2 Å². The number of nitrogens with zero attached hydrogens (tertiary/aromatic N) is 1. The number of nitrogens with one attached hydrogen (secondary N) is 1. The van der Waals surface area contributed by atoms with Crippen LogP contribution in [0.4, 0.5) is 0 Å². The van der Waals surface area contributed by atoms with Gasteiger partial charge in [0.1, 0.15) is 0 Å². The molecule has 0 aromatic rings. The molecular weight excluding hydrogens is 184 g/mol. The second-order valence-corrected chi connectivity index (χ2v) is 5.82. The van der Waals surface area contributed by atoms with Crippen LogP contribution in [0.15, 0.2) is 0 Å². The third-order valence-electron chi connectivity index (χ3n) is 4.34. The minimum absolute atomic E-state index is 0.821. The van der Waals surface area contributed by atoms with Gasteiger partial charge in [-0.05, 0) is 56.8 Å². The van der Waals surface area contributed by atoms with Gasteiger partial charge in [-0.2, -0.15) is 0 Å². The molecule has 0 bridgehead atoms. The molecule has 2 unspecified atom stereocenters. The van der Waals surface area contributed by atoms with Crippen molar-refractivity contribution >= 4 is 0 Å². The lowest BCUT2D eigenvalue weighted by Gasteiger charge is -2.45. The van der Waals surface area contributed by atoms with Crippen LogP contribution in [0, 0.1) is 17.8 Å². The number of likely N-dealkylation sites (tertiary alicyclic amines) is 1. The van der Waals surface area contributed by atoms with E-state index in [0.717, 1.165) is 23.8 Å². The lowest BCUT2D eigenvalue weighted by molar-refractivity contribution is 0.0513. The van der Waals surface area contributed by atoms with Gasteiger partial charge < -0.3 is 5.32 Å². The molecule has 2 heteroatoms. The normalized spacial score (nSPS) is 40.6. The third kappa shape index (κ3) is 2.54. The van der Waals surface area contributed by atoms with Crippen molar-refractivity contribution in [3.05, 3.63) is 0 Å². The summed E-state index contributed by atoms with van der Waals surface area (Å²) in [5.41, 5.74) is 0. The molecule has 0 aliphatic carbocycles. The van der Waals surface area contributed by atoms with Gasteiger partial charge in [0.25, 0.3) is 0 Å². The fourth-order valence-electron chi connectivity index (χ4n) is 3.39. The quantitative estimate of drug-likeness (QED) is 0.712. The van der Waals surface area contributed by atoms with Crippen molar-refractivity contribution in [2.45, 2.75) is 39.7 Å². The molecule has 1 N–H and O–H groups in total. The number of piperidine rings is 2. The summed E-state index contributed by atoms with van der Waals surface area (Å²) >= 11 is 0. The first kappa shape index (κ1) is 11.4. The molecule has 2 aliphatic heterocycles. The predicted molar refractivity (Wildman–Crippen MR) is 65.0 cm³/mol. The largest absolute Gasteiger partial charge is 0.316 e. The molecular formula is C13H26N2. The van der Waals surface area contributed by atoms with Crippen LogP contribution in [0.25, 0.3) is 0 Å². The van der Waals surface area contributed by atoms with Gasteiger partial charge in [-0.15, -0.1) is 0 Å². The smallest absolute Gasteiger partial charge is 0.0171 e. The maximum atomic E-state index is 3.54. The molecule has 0 spiro atoms. The van der Waals surface area contributed by atoms with E-state index in [1.54, 1.807) is 0 Å². The second-order valence-electron chi connectivity index (χ2n) is 5.82. The Balaban J connectivity index is 1.95. The Hall–Kier alpha value is -0.0800. The number of rotatable bonds is 1. The predicted octanol–water partition coefficient (Wildman–Crippen LogP) is 1.96. The molecule has 2 rings (SSSR count). The Kier molecular flexibility index (Phi) is 3.68. The van der Waals surface area contributed by atoms with Gasteiger partial charge in [0.2, 0.25) is 0 Å². The Bertz CT molecular complexity index is 187. The summed E-state index contributed by atoms with van der Waals surface area (Å²) in [7, 11) is 0. The molecule has 88 valence electrons. The van der Waals surface area contributed by atoms with Crippen molar-refractivity contribution in [3.8, 4) is 0 Å². The molecule has 2 aliphatic rings. The summed E-state index contributed by atoms with van der Waals surface area (Å²) in [6.45, 7) is 12.3. The van der Waals surface area contributed by atoms with E-state index in [1.165, 1.54) is 39.0 Å². The molecule has 0 aromatic heterocycles. The minimum Gasteiger partial charge on any atom is -0.316 e. The molecule has 2 atom stereocenters. The monoisotopic (exact) mass is 210 g/mol. The molecule has 0 aromatic carbocycles. The first-order valence-electron chi connectivity index (χ1n) is 6.63. The van der Waals surface area contributed by atoms with Crippen LogP contribution < -0.4 is 5.32 Å². The summed E-state index contributed by atoms with van der Waals surface area (Å²) in [4.78, 5) is 2.76. The highest BCUT2D eigenvalue weighted by molar-refractivity contribution is 4.89. The van der Waals surface area contributed by atoms with Crippen LogP contribution in [0.1, 0.15) is 33.6 Å². The molecule has 0 amide bonds. The third-order valence-corrected chi connectivity index (χ3v) is 4.34. The van der Waals surface area contributed by atoms with Crippen molar-refractivity contribution in [1.29, 1.82) is 0 Å². The average Bonchev–Trinajstić information content (AvgIpc) is 2.20. The standard InChI is InChI=1S/C13H26N2/c1-10-4-6-15(7-5-10)13-11(2)8-14-9-12(13)3/h10-14H,4-9H2,1-3H3. The van der Waals surface area contributed by atoms with Crippen molar-refractivity contribution in [2.24, 2.45) is 17.8 Å². The Morgan fingerprint density at radius 1 is 0.933 bits per heavy atom. The SMILES string of the molecule is CC1CCN(C2C(C)CNCC2C)CC1. The van der Waals surface area contributed by atoms with Gasteiger partial charge in [0.15, 0.2) is 0 Å². The zero-order valence-corrected chi connectivity index (χ0v) is 10.5. The van der Waals surface area contributed by atoms with Crippen LogP contribution in [0.2, 0.25) is 0 Å². The van der Waals surface area contributed by atoms with Crippen molar-refractivity contribution < 1.29 is 0 Å². The molecule has 0 saturated carbocycles. The highest BCUT2D eigenvalue weighted by Crippen LogP contribution is 2.27. The van der Waals surface area contributed by atoms with E-state index < -0.39 is 0 Å². The second kappa shape index (κ2) is 4.84. The van der Waals surface area contributed by atoms with Crippen molar-refractivity contribution in [1.82, 2.24) is 10.2 Å². The maximum Gasteiger partial charge on any atom is 0.0171 e. The Morgan fingerprint density at radius 2 is 1.47 bits per heavy atom. The molecule has 2 fully saturated rings. The summed E-state index contributed by atoms with van der Waals surface area (Å²) in [6, 6.07) is 0.832. The van der Waals surface area contributed by atoms with E-state index in [0.29, 0.717) is 0 Å². The maximum absolute atomic E-state index is 3.54. The molecule has 2 saturated heterocycles. The van der Waals surface area contributed by atoms with Crippen LogP contribution in [0.5, 0.6) is 0 Å². The number of hydrogen-bond donors (Lipinski definition) is 1. The van der Waals surface area contributed by atoms with Crippen LogP contribution in [-0.2, 0) is 0 Å². The van der Waals surface area contributed by atoms with Crippen LogP contribution in [0.3, 0.4) is 0 Å². The van der Waals surface area contributed by atoms with E-state index in [-0.39, 0.29) is 0 Å². The fourth-order valence-corrected chi connectivity index (χ4v) is 3.39. The zero-order valence-electron chi connectivity index (χ0n) is 10.5. The molecule has 0 radical (unpaired) electrons. The topological polar surface area (TPSA) is 15.3 Å². The lowest BCUT2D eigenvalue weighted by Crippen LogP contribution is -2.55. The Morgan fingerprint density at radius 3 is 2.00 bits per heavy atom. The average molecular weight is 210 g/mol. The fraction of sp³-hybridized carbons (Fsp3) is 1.00. The van der Waals surface area contributed by atoms with Crippen LogP contribution >= 0.6 is 0 Å². The van der Waals surface area contributed by atoms with Crippen molar-refractivity contribution in [3.63, 3.8) is 0 Å². The summed E-state index contributed by atoms with van der Waals surface area (Å²) in [6.07, 6.45) is 2.81. The Labute approximate surface area is 94.4 Å². The van der Waals surface area contributed by atoms with Gasteiger partial charge in [-0.1, -0.05) is 20.8 Å². The summed E-state index contributed by atoms with van der Waals surface area (Å²) < 4.78 is 0. The van der Waals surface area contributed by atoms with E-state index >= 15 is 0 Å². The summed E-state index contributed by atoms with van der Waals surface area (Å²) in [5.74, 6) is 2.60. The first-order chi connectivity index (χ1) is 7.18. The zero-order chi connectivity index (χ0) is 10.8. The van der Waals surface area contributed by atoms with E-state index in [2.05, 4.69) is 31.0 Å². The molecule has 2 nitrogen and oxygen atoms in total. The minimum atomic E-state index is 0.821. The van der Waals surface area contributed by atoms with Gasteiger partial charge >= 0.3 is 0 Å². The first-order valence-corrected chi connectivity index (χ1v) is 6.63. The highest BCUT2D eigenvalue weighted by Gasteiger charge is 2.33. The van der Waals surface area contributed by atoms with E-state index in [1.807, 2.05) is 0 Å². The van der Waals surface area contributed by atoms with Gasteiger partial charge in [-0.25, -0.2) is 0 Å².